The van der Waals surface area contributed by atoms with Gasteiger partial charge in [-0.25, -0.2) is 4.79 Å². The van der Waals surface area contributed by atoms with Crippen molar-refractivity contribution in [1.29, 1.82) is 0 Å². The van der Waals surface area contributed by atoms with Gasteiger partial charge in [0.25, 0.3) is 0 Å². The van der Waals surface area contributed by atoms with Crippen molar-refractivity contribution in [1.82, 2.24) is 0 Å². The Kier molecular flexibility index (Phi) is 48.1. The Bertz CT molecular complexity index is 1190. The highest BCUT2D eigenvalue weighted by atomic mass is 16.6. The molecule has 8 nitrogen and oxygen atoms in total. The second-order valence-electron chi connectivity index (χ2n) is 20.5. The quantitative estimate of drug-likeness (QED) is 0.0281. The predicted octanol–water partition coefficient (Wildman–Crippen LogP) is 16.9. The fraction of sp³-hybridized carbons (Fsp3) is 0.847. The van der Waals surface area contributed by atoms with E-state index in [9.17, 15) is 19.5 Å². The lowest BCUT2D eigenvalue weighted by Gasteiger charge is -2.31. The molecule has 67 heavy (non-hydrogen) atoms. The number of ether oxygens (including phenoxy) is 3. The molecular formula is C59H110NO7+. The lowest BCUT2D eigenvalue weighted by molar-refractivity contribution is -0.887. The Labute approximate surface area is 414 Å². The molecule has 0 aromatic carbocycles. The van der Waals surface area contributed by atoms with Crippen LogP contribution in [0.4, 0.5) is 0 Å². The van der Waals surface area contributed by atoms with Gasteiger partial charge < -0.3 is 23.8 Å². The molecule has 0 aromatic heterocycles. The number of likely N-dealkylation sites (N-methyl/N-ethyl adjacent to an activating group) is 1. The van der Waals surface area contributed by atoms with Gasteiger partial charge in [0.1, 0.15) is 6.61 Å². The number of carbonyl (C=O) groups is 3. The minimum Gasteiger partial charge on any atom is -0.477 e. The monoisotopic (exact) mass is 945 g/mol. The van der Waals surface area contributed by atoms with Crippen LogP contribution in [0.15, 0.2) is 36.5 Å². The van der Waals surface area contributed by atoms with Gasteiger partial charge in [-0.05, 0) is 44.9 Å². The van der Waals surface area contributed by atoms with E-state index < -0.39 is 18.1 Å². The Morgan fingerprint density at radius 2 is 0.836 bits per heavy atom. The lowest BCUT2D eigenvalue weighted by atomic mass is 10.0. The molecule has 2 atom stereocenters. The minimum atomic E-state index is -0.871. The number of nitrogens with zero attached hydrogens (tertiary/aromatic N) is 1. The fourth-order valence-corrected chi connectivity index (χ4v) is 8.70. The standard InChI is InChI=1S/C59H109NO7/c1-6-8-10-12-14-16-18-20-22-24-26-28-30-32-34-36-38-40-42-44-46-48-50-58(62)67-55(53-65-52-51-56(59(63)64)60(3,4)5)54-66-57(61)49-47-45-43-41-39-37-35-33-31-29-27-25-23-21-19-17-15-13-11-9-7-2/h9,11,15,17,21,23,55-56H,6-8,10,12-14,16,18-20,22,24-54H2,1-5H3/p+1/b11-9+,17-15+,23-21+. The van der Waals surface area contributed by atoms with Crippen molar-refractivity contribution >= 4 is 17.9 Å². The number of allylic oxidation sites excluding steroid dienone is 6. The maximum atomic E-state index is 12.8. The molecule has 0 bridgehead atoms. The second-order valence-corrected chi connectivity index (χ2v) is 20.5. The molecule has 2 unspecified atom stereocenters. The second kappa shape index (κ2) is 50.0. The van der Waals surface area contributed by atoms with E-state index >= 15 is 0 Å². The first-order valence-electron chi connectivity index (χ1n) is 28.5. The summed E-state index contributed by atoms with van der Waals surface area (Å²) in [6.45, 7) is 4.68. The molecule has 0 saturated heterocycles. The molecule has 0 aliphatic heterocycles. The number of rotatable bonds is 52. The number of unbranched alkanes of at least 4 members (excludes halogenated alkanes) is 32. The highest BCUT2D eigenvalue weighted by Crippen LogP contribution is 2.17. The van der Waals surface area contributed by atoms with Crippen molar-refractivity contribution in [2.45, 2.75) is 283 Å². The van der Waals surface area contributed by atoms with E-state index in [4.69, 9.17) is 14.2 Å². The van der Waals surface area contributed by atoms with E-state index in [1.165, 1.54) is 180 Å². The van der Waals surface area contributed by atoms with Crippen LogP contribution in [0, 0.1) is 0 Å². The van der Waals surface area contributed by atoms with Crippen LogP contribution >= 0.6 is 0 Å². The van der Waals surface area contributed by atoms with Crippen LogP contribution in [-0.2, 0) is 28.6 Å². The first-order chi connectivity index (χ1) is 32.6. The number of carbonyl (C=O) groups excluding carboxylic acids is 2. The SMILES string of the molecule is CC/C=C/C/C=C/C/C=C/CCCCCCCCCCCCCC(=O)OCC(COCCC(C(=O)O)[N+](C)(C)C)OC(=O)CCCCCCCCCCCCCCCCCCCCCCCC. The van der Waals surface area contributed by atoms with Crippen molar-refractivity contribution < 1.29 is 38.2 Å². The fourth-order valence-electron chi connectivity index (χ4n) is 8.70. The van der Waals surface area contributed by atoms with Gasteiger partial charge in [-0.1, -0.05) is 243 Å². The smallest absolute Gasteiger partial charge is 0.362 e. The summed E-state index contributed by atoms with van der Waals surface area (Å²) in [5.74, 6) is -1.45. The summed E-state index contributed by atoms with van der Waals surface area (Å²) in [5.41, 5.74) is 0. The summed E-state index contributed by atoms with van der Waals surface area (Å²) >= 11 is 0. The largest absolute Gasteiger partial charge is 0.477 e. The van der Waals surface area contributed by atoms with E-state index in [1.54, 1.807) is 0 Å². The molecule has 0 aromatic rings. The molecule has 0 spiro atoms. The summed E-state index contributed by atoms with van der Waals surface area (Å²) in [5, 5.41) is 9.68. The van der Waals surface area contributed by atoms with Crippen LogP contribution < -0.4 is 0 Å². The van der Waals surface area contributed by atoms with Crippen LogP contribution in [0.25, 0.3) is 0 Å². The average Bonchev–Trinajstić information content (AvgIpc) is 3.29. The first-order valence-corrected chi connectivity index (χ1v) is 28.5. The Morgan fingerprint density at radius 1 is 0.463 bits per heavy atom. The van der Waals surface area contributed by atoms with Gasteiger partial charge in [0.05, 0.1) is 34.4 Å². The molecule has 0 heterocycles. The minimum absolute atomic E-state index is 0.0483. The molecular weight excluding hydrogens is 835 g/mol. The molecule has 0 fully saturated rings. The summed E-state index contributed by atoms with van der Waals surface area (Å²) in [7, 11) is 5.55. The molecule has 392 valence electrons. The molecule has 8 heteroatoms. The number of aliphatic carboxylic acids is 1. The van der Waals surface area contributed by atoms with Crippen LogP contribution in [0.1, 0.15) is 271 Å². The summed E-state index contributed by atoms with van der Waals surface area (Å²) in [6.07, 6.45) is 60.6. The summed E-state index contributed by atoms with van der Waals surface area (Å²) in [6, 6.07) is -0.614. The van der Waals surface area contributed by atoms with Gasteiger partial charge in [0.2, 0.25) is 0 Å². The highest BCUT2D eigenvalue weighted by molar-refractivity contribution is 5.72. The number of hydrogen-bond donors (Lipinski definition) is 1. The normalized spacial score (nSPS) is 13.0. The van der Waals surface area contributed by atoms with E-state index in [-0.39, 0.29) is 36.2 Å². The number of hydrogen-bond acceptors (Lipinski definition) is 6. The third-order valence-corrected chi connectivity index (χ3v) is 13.1. The number of carboxylic acid groups (broad SMARTS) is 1. The number of esters is 2. The van der Waals surface area contributed by atoms with Crippen LogP contribution in [0.5, 0.6) is 0 Å². The summed E-state index contributed by atoms with van der Waals surface area (Å²) in [4.78, 5) is 37.3. The van der Waals surface area contributed by atoms with E-state index in [0.29, 0.717) is 19.3 Å². The molecule has 0 radical (unpaired) electrons. The lowest BCUT2D eigenvalue weighted by Crippen LogP contribution is -2.50. The van der Waals surface area contributed by atoms with E-state index in [2.05, 4.69) is 50.3 Å². The van der Waals surface area contributed by atoms with Gasteiger partial charge >= 0.3 is 17.9 Å². The van der Waals surface area contributed by atoms with Gasteiger partial charge in [0, 0.05) is 19.3 Å². The number of quaternary nitrogens is 1. The first kappa shape index (κ1) is 64.5. The summed E-state index contributed by atoms with van der Waals surface area (Å²) < 4.78 is 17.4. The van der Waals surface area contributed by atoms with E-state index in [0.717, 1.165) is 57.8 Å². The topological polar surface area (TPSA) is 99.1 Å². The molecule has 1 N–H and O–H groups in total. The van der Waals surface area contributed by atoms with Gasteiger partial charge in [-0.3, -0.25) is 9.59 Å². The van der Waals surface area contributed by atoms with Crippen molar-refractivity contribution in [2.75, 3.05) is 41.0 Å². The Hall–Kier alpha value is -2.45. The van der Waals surface area contributed by atoms with Crippen molar-refractivity contribution in [3.8, 4) is 0 Å². The number of carboxylic acids is 1. The van der Waals surface area contributed by atoms with Gasteiger partial charge in [0.15, 0.2) is 12.1 Å². The van der Waals surface area contributed by atoms with Crippen molar-refractivity contribution in [2.24, 2.45) is 0 Å². The molecule has 0 amide bonds. The molecule has 0 saturated carbocycles. The Balaban J connectivity index is 4.14. The van der Waals surface area contributed by atoms with Crippen LogP contribution in [0.3, 0.4) is 0 Å². The van der Waals surface area contributed by atoms with Crippen LogP contribution in [-0.4, -0.2) is 80.6 Å². The molecule has 0 rings (SSSR count). The average molecular weight is 946 g/mol. The van der Waals surface area contributed by atoms with Gasteiger partial charge in [-0.2, -0.15) is 0 Å². The van der Waals surface area contributed by atoms with Gasteiger partial charge in [-0.15, -0.1) is 0 Å². The zero-order valence-electron chi connectivity index (χ0n) is 44.9. The zero-order valence-corrected chi connectivity index (χ0v) is 44.9. The van der Waals surface area contributed by atoms with Crippen molar-refractivity contribution in [3.63, 3.8) is 0 Å². The molecule has 0 aliphatic carbocycles. The Morgan fingerprint density at radius 3 is 1.24 bits per heavy atom. The maximum Gasteiger partial charge on any atom is 0.362 e. The maximum absolute atomic E-state index is 12.8. The third kappa shape index (κ3) is 48.4. The zero-order chi connectivity index (χ0) is 49.2. The van der Waals surface area contributed by atoms with Crippen molar-refractivity contribution in [3.05, 3.63) is 36.5 Å². The third-order valence-electron chi connectivity index (χ3n) is 13.1. The molecule has 0 aliphatic rings. The predicted molar refractivity (Wildman–Crippen MR) is 285 cm³/mol. The highest BCUT2D eigenvalue weighted by Gasteiger charge is 2.31. The van der Waals surface area contributed by atoms with E-state index in [1.807, 2.05) is 21.1 Å². The van der Waals surface area contributed by atoms with Crippen LogP contribution in [0.2, 0.25) is 0 Å².